The number of hydrogen-bond acceptors (Lipinski definition) is 5. The summed E-state index contributed by atoms with van der Waals surface area (Å²) in [7, 11) is 0. The molecule has 2 atom stereocenters. The van der Waals surface area contributed by atoms with Crippen LogP contribution in [0.4, 0.5) is 0 Å². The van der Waals surface area contributed by atoms with Gasteiger partial charge in [0.15, 0.2) is 0 Å². The van der Waals surface area contributed by atoms with E-state index in [2.05, 4.69) is 10.2 Å². The van der Waals surface area contributed by atoms with E-state index < -0.39 is 17.9 Å². The number of aromatic nitrogens is 2. The van der Waals surface area contributed by atoms with E-state index in [0.29, 0.717) is 25.0 Å². The van der Waals surface area contributed by atoms with Crippen LogP contribution in [-0.4, -0.2) is 56.6 Å². The Kier molecular flexibility index (Phi) is 5.23. The van der Waals surface area contributed by atoms with Crippen LogP contribution in [0, 0.1) is 5.92 Å². The summed E-state index contributed by atoms with van der Waals surface area (Å²) in [5.74, 6) is -1.32. The minimum absolute atomic E-state index is 0.113. The zero-order valence-electron chi connectivity index (χ0n) is 16.0. The van der Waals surface area contributed by atoms with Crippen LogP contribution < -0.4 is 11.0 Å². The Morgan fingerprint density at radius 1 is 1.14 bits per heavy atom. The Morgan fingerprint density at radius 3 is 2.62 bits per heavy atom. The predicted molar refractivity (Wildman–Crippen MR) is 104 cm³/mol. The van der Waals surface area contributed by atoms with Crippen LogP contribution in [0.2, 0.25) is 0 Å². The smallest absolute Gasteiger partial charge is 0.329 e. The van der Waals surface area contributed by atoms with Crippen molar-refractivity contribution >= 4 is 28.8 Å². The Bertz CT molecular complexity index is 1020. The number of carboxylic acid groups (broad SMARTS) is 1. The maximum absolute atomic E-state index is 13.3. The number of hydrogen-bond donors (Lipinski definition) is 2. The number of fused-ring (bicyclic) bond motifs is 1. The molecule has 0 aliphatic carbocycles. The molecule has 2 aromatic rings. The van der Waals surface area contributed by atoms with Gasteiger partial charge in [-0.15, -0.1) is 0 Å². The Hall–Kier alpha value is -2.94. The fourth-order valence-electron chi connectivity index (χ4n) is 4.42. The molecule has 0 saturated carbocycles. The summed E-state index contributed by atoms with van der Waals surface area (Å²) < 4.78 is 3.22. The van der Waals surface area contributed by atoms with Crippen molar-refractivity contribution in [3.05, 3.63) is 34.7 Å². The van der Waals surface area contributed by atoms with E-state index in [0.717, 1.165) is 25.0 Å². The number of rotatable bonds is 6. The first-order chi connectivity index (χ1) is 13.9. The number of para-hydroxylation sites is 2. The summed E-state index contributed by atoms with van der Waals surface area (Å²) in [5.41, 5.74) is 1.21. The van der Waals surface area contributed by atoms with Crippen molar-refractivity contribution in [2.24, 2.45) is 5.92 Å². The van der Waals surface area contributed by atoms with E-state index >= 15 is 0 Å². The number of amides is 2. The van der Waals surface area contributed by atoms with Gasteiger partial charge in [-0.1, -0.05) is 12.1 Å². The number of nitrogens with zero attached hydrogens (tertiary/aromatic N) is 3. The van der Waals surface area contributed by atoms with Crippen LogP contribution in [-0.2, 0) is 20.9 Å². The standard InChI is InChI=1S/C20H24N4O5/c25-17-6-5-16(19(28)21-17)24-15-4-2-1-3-14(15)23(20(24)29)12-13-7-9-22(11-13)10-8-18(26)27/h1-4,13,16H,5-12H2,(H,26,27)(H,21,25,28). The highest BCUT2D eigenvalue weighted by atomic mass is 16.4. The van der Waals surface area contributed by atoms with E-state index in [1.807, 2.05) is 24.3 Å². The third kappa shape index (κ3) is 3.82. The predicted octanol–water partition coefficient (Wildman–Crippen LogP) is 0.577. The highest BCUT2D eigenvalue weighted by Gasteiger charge is 2.32. The minimum Gasteiger partial charge on any atom is -0.481 e. The van der Waals surface area contributed by atoms with Crippen molar-refractivity contribution in [1.82, 2.24) is 19.4 Å². The highest BCUT2D eigenvalue weighted by Crippen LogP contribution is 2.25. The monoisotopic (exact) mass is 400 g/mol. The maximum atomic E-state index is 13.3. The second kappa shape index (κ2) is 7.82. The zero-order chi connectivity index (χ0) is 20.5. The molecule has 1 aromatic carbocycles. The van der Waals surface area contributed by atoms with Crippen LogP contribution in [0.25, 0.3) is 11.0 Å². The molecular formula is C20H24N4O5. The second-order valence-electron chi connectivity index (χ2n) is 7.82. The second-order valence-corrected chi connectivity index (χ2v) is 7.82. The first kappa shape index (κ1) is 19.4. The molecule has 0 bridgehead atoms. The molecule has 2 fully saturated rings. The molecule has 2 saturated heterocycles. The topological polar surface area (TPSA) is 114 Å². The number of aliphatic carboxylic acids is 1. The van der Waals surface area contributed by atoms with Gasteiger partial charge in [-0.25, -0.2) is 4.79 Å². The average Bonchev–Trinajstić information content (AvgIpc) is 3.24. The summed E-state index contributed by atoms with van der Waals surface area (Å²) in [6.45, 7) is 2.60. The van der Waals surface area contributed by atoms with Gasteiger partial charge in [0.05, 0.1) is 17.5 Å². The van der Waals surface area contributed by atoms with Crippen molar-refractivity contribution in [1.29, 1.82) is 0 Å². The maximum Gasteiger partial charge on any atom is 0.329 e. The normalized spacial score (nSPS) is 22.9. The van der Waals surface area contributed by atoms with Gasteiger partial charge in [0.2, 0.25) is 11.8 Å². The molecule has 4 rings (SSSR count). The highest BCUT2D eigenvalue weighted by molar-refractivity contribution is 6.00. The number of piperidine rings is 1. The first-order valence-corrected chi connectivity index (χ1v) is 9.91. The van der Waals surface area contributed by atoms with Gasteiger partial charge in [0.25, 0.3) is 0 Å². The summed E-state index contributed by atoms with van der Waals surface area (Å²) in [4.78, 5) is 50.0. The minimum atomic E-state index is -0.808. The molecule has 9 heteroatoms. The molecule has 0 radical (unpaired) electrons. The largest absolute Gasteiger partial charge is 0.481 e. The quantitative estimate of drug-likeness (QED) is 0.686. The Labute approximate surface area is 166 Å². The van der Waals surface area contributed by atoms with Crippen molar-refractivity contribution in [3.8, 4) is 0 Å². The van der Waals surface area contributed by atoms with Crippen molar-refractivity contribution < 1.29 is 19.5 Å². The van der Waals surface area contributed by atoms with Crippen LogP contribution in [0.3, 0.4) is 0 Å². The van der Waals surface area contributed by atoms with E-state index in [1.165, 1.54) is 4.57 Å². The molecular weight excluding hydrogens is 376 g/mol. The van der Waals surface area contributed by atoms with Gasteiger partial charge >= 0.3 is 11.7 Å². The number of imidazole rings is 1. The van der Waals surface area contributed by atoms with Crippen LogP contribution in [0.1, 0.15) is 31.7 Å². The van der Waals surface area contributed by atoms with Crippen LogP contribution in [0.15, 0.2) is 29.1 Å². The summed E-state index contributed by atoms with van der Waals surface area (Å²) in [5, 5.41) is 11.2. The Morgan fingerprint density at radius 2 is 1.90 bits per heavy atom. The molecule has 2 aliphatic heterocycles. The molecule has 2 amide bonds. The summed E-state index contributed by atoms with van der Waals surface area (Å²) in [6, 6.07) is 6.70. The lowest BCUT2D eigenvalue weighted by Gasteiger charge is -2.21. The molecule has 154 valence electrons. The lowest BCUT2D eigenvalue weighted by molar-refractivity contribution is -0.138. The lowest BCUT2D eigenvalue weighted by Crippen LogP contribution is -2.44. The van der Waals surface area contributed by atoms with E-state index in [4.69, 9.17) is 5.11 Å². The average molecular weight is 400 g/mol. The van der Waals surface area contributed by atoms with E-state index in [-0.39, 0.29) is 30.4 Å². The fourth-order valence-corrected chi connectivity index (χ4v) is 4.42. The van der Waals surface area contributed by atoms with Gasteiger partial charge in [-0.2, -0.15) is 0 Å². The summed E-state index contributed by atoms with van der Waals surface area (Å²) >= 11 is 0. The van der Waals surface area contributed by atoms with Gasteiger partial charge in [0, 0.05) is 26.1 Å². The number of carboxylic acids is 1. The number of carbonyl (C=O) groups excluding carboxylic acids is 2. The van der Waals surface area contributed by atoms with E-state index in [1.54, 1.807) is 4.57 Å². The van der Waals surface area contributed by atoms with Crippen LogP contribution in [0.5, 0.6) is 0 Å². The number of nitrogens with one attached hydrogen (secondary N) is 1. The van der Waals surface area contributed by atoms with Gasteiger partial charge < -0.3 is 10.0 Å². The van der Waals surface area contributed by atoms with E-state index in [9.17, 15) is 19.2 Å². The molecule has 2 aliphatic rings. The lowest BCUT2D eigenvalue weighted by atomic mass is 10.1. The molecule has 3 heterocycles. The van der Waals surface area contributed by atoms with Crippen LogP contribution >= 0.6 is 0 Å². The third-order valence-corrected chi connectivity index (χ3v) is 5.84. The molecule has 0 spiro atoms. The SMILES string of the molecule is O=C(O)CCN1CCC(Cn2c(=O)n(C3CCC(=O)NC3=O)c3ccccc32)C1. The Balaban J connectivity index is 1.60. The van der Waals surface area contributed by atoms with Gasteiger partial charge in [-0.05, 0) is 37.4 Å². The molecule has 2 unspecified atom stereocenters. The fraction of sp³-hybridized carbons (Fsp3) is 0.500. The van der Waals surface area contributed by atoms with Gasteiger partial charge in [-0.3, -0.25) is 28.8 Å². The number of carbonyl (C=O) groups is 3. The molecule has 2 N–H and O–H groups in total. The molecule has 29 heavy (non-hydrogen) atoms. The van der Waals surface area contributed by atoms with Crippen molar-refractivity contribution in [2.75, 3.05) is 19.6 Å². The molecule has 1 aromatic heterocycles. The molecule has 9 nitrogen and oxygen atoms in total. The van der Waals surface area contributed by atoms with Crippen molar-refractivity contribution in [3.63, 3.8) is 0 Å². The van der Waals surface area contributed by atoms with Gasteiger partial charge in [0.1, 0.15) is 6.04 Å². The zero-order valence-corrected chi connectivity index (χ0v) is 16.0. The van der Waals surface area contributed by atoms with Crippen molar-refractivity contribution in [2.45, 2.75) is 38.3 Å². The summed E-state index contributed by atoms with van der Waals surface area (Å²) in [6.07, 6.45) is 1.53. The number of likely N-dealkylation sites (tertiary alicyclic amines) is 1. The number of imide groups is 1. The first-order valence-electron chi connectivity index (χ1n) is 9.91. The number of benzene rings is 1. The third-order valence-electron chi connectivity index (χ3n) is 5.84.